The van der Waals surface area contributed by atoms with E-state index in [-0.39, 0.29) is 11.3 Å². The number of nitrogens with one attached hydrogen (secondary N) is 1. The predicted molar refractivity (Wildman–Crippen MR) is 118 cm³/mol. The number of rotatable bonds is 4. The molecule has 0 fully saturated rings. The second-order valence-corrected chi connectivity index (χ2v) is 8.99. The number of methoxy groups -OCH3 is 1. The number of carbonyl (C=O) groups is 1. The summed E-state index contributed by atoms with van der Waals surface area (Å²) >= 11 is 1.33. The number of nitrogens with zero attached hydrogens (tertiary/aromatic N) is 4. The zero-order valence-corrected chi connectivity index (χ0v) is 18.4. The smallest absolute Gasteiger partial charge is 0.259 e. The highest BCUT2D eigenvalue weighted by molar-refractivity contribution is 7.20. The maximum absolute atomic E-state index is 13.1. The molecule has 0 bridgehead atoms. The van der Waals surface area contributed by atoms with Crippen LogP contribution in [0.5, 0.6) is 5.75 Å². The third-order valence-corrected chi connectivity index (χ3v) is 5.55. The third-order valence-electron chi connectivity index (χ3n) is 4.71. The van der Waals surface area contributed by atoms with Gasteiger partial charge in [-0.2, -0.15) is 0 Å². The molecule has 0 aliphatic heterocycles. The van der Waals surface area contributed by atoms with Gasteiger partial charge in [-0.25, -0.2) is 9.50 Å². The quantitative estimate of drug-likeness (QED) is 0.516. The number of fused-ring (bicyclic) bond motifs is 1. The average molecular weight is 422 g/mol. The zero-order valence-electron chi connectivity index (χ0n) is 17.6. The topological polar surface area (TPSA) is 81.4 Å². The fourth-order valence-corrected chi connectivity index (χ4v) is 3.88. The first-order valence-corrected chi connectivity index (χ1v) is 10.4. The van der Waals surface area contributed by atoms with Crippen LogP contribution in [0.3, 0.4) is 0 Å². The van der Waals surface area contributed by atoms with Gasteiger partial charge in [0.05, 0.1) is 24.6 Å². The van der Waals surface area contributed by atoms with E-state index in [1.807, 2.05) is 43.5 Å². The van der Waals surface area contributed by atoms with Gasteiger partial charge in [0, 0.05) is 28.4 Å². The first-order chi connectivity index (χ1) is 14.3. The summed E-state index contributed by atoms with van der Waals surface area (Å²) in [6.45, 7) is 8.20. The molecule has 0 radical (unpaired) electrons. The van der Waals surface area contributed by atoms with Gasteiger partial charge in [-0.05, 0) is 19.1 Å². The monoisotopic (exact) mass is 421 g/mol. The summed E-state index contributed by atoms with van der Waals surface area (Å²) < 4.78 is 7.19. The number of carbonyl (C=O) groups excluding carboxylic acids is 1. The summed E-state index contributed by atoms with van der Waals surface area (Å²) in [7, 11) is 1.61. The van der Waals surface area contributed by atoms with Gasteiger partial charge >= 0.3 is 0 Å². The molecule has 0 unspecified atom stereocenters. The summed E-state index contributed by atoms with van der Waals surface area (Å²) in [5.74, 6) is 0.413. The van der Waals surface area contributed by atoms with Gasteiger partial charge in [0.1, 0.15) is 5.75 Å². The number of hydrogen-bond donors (Lipinski definition) is 1. The standard InChI is InChI=1S/C22H23N5O2S/c1-13-10-15(14-8-6-7-9-17(14)29-5)16(11-23-13)19(28)25-20-26-27-12-18(22(2,3)4)24-21(27)30-20/h6-12H,1-5H3,(H,25,26,28). The molecule has 3 aromatic heterocycles. The number of benzene rings is 1. The van der Waals surface area contributed by atoms with E-state index in [4.69, 9.17) is 4.74 Å². The lowest BCUT2D eigenvalue weighted by molar-refractivity contribution is 0.102. The maximum atomic E-state index is 13.1. The molecule has 1 amide bonds. The minimum Gasteiger partial charge on any atom is -0.496 e. The summed E-state index contributed by atoms with van der Waals surface area (Å²) in [5.41, 5.74) is 3.75. The highest BCUT2D eigenvalue weighted by Crippen LogP contribution is 2.33. The highest BCUT2D eigenvalue weighted by Gasteiger charge is 2.21. The van der Waals surface area contributed by atoms with E-state index >= 15 is 0 Å². The number of aromatic nitrogens is 4. The number of para-hydroxylation sites is 1. The number of pyridine rings is 1. The van der Waals surface area contributed by atoms with Crippen LogP contribution in [0.15, 0.2) is 42.7 Å². The molecule has 0 saturated heterocycles. The van der Waals surface area contributed by atoms with Crippen molar-refractivity contribution in [2.75, 3.05) is 12.4 Å². The van der Waals surface area contributed by atoms with Gasteiger partial charge in [-0.3, -0.25) is 15.1 Å². The van der Waals surface area contributed by atoms with Crippen molar-refractivity contribution < 1.29 is 9.53 Å². The minimum atomic E-state index is -0.281. The normalized spacial score (nSPS) is 11.6. The van der Waals surface area contributed by atoms with Gasteiger partial charge in [0.2, 0.25) is 10.1 Å². The molecule has 1 N–H and O–H groups in total. The molecular weight excluding hydrogens is 398 g/mol. The summed E-state index contributed by atoms with van der Waals surface area (Å²) in [6.07, 6.45) is 3.48. The van der Waals surface area contributed by atoms with Gasteiger partial charge in [-0.15, -0.1) is 5.10 Å². The first-order valence-electron chi connectivity index (χ1n) is 9.54. The Kier molecular flexibility index (Phi) is 5.03. The molecule has 4 aromatic rings. The Morgan fingerprint density at radius 3 is 2.67 bits per heavy atom. The van der Waals surface area contributed by atoms with Crippen molar-refractivity contribution >= 4 is 27.3 Å². The Morgan fingerprint density at radius 1 is 1.20 bits per heavy atom. The van der Waals surface area contributed by atoms with Crippen molar-refractivity contribution in [1.82, 2.24) is 19.6 Å². The fourth-order valence-electron chi connectivity index (χ4n) is 3.11. The van der Waals surface area contributed by atoms with E-state index in [1.54, 1.807) is 17.8 Å². The van der Waals surface area contributed by atoms with E-state index in [9.17, 15) is 4.79 Å². The third kappa shape index (κ3) is 3.78. The van der Waals surface area contributed by atoms with Crippen LogP contribution in [0.1, 0.15) is 42.5 Å². The molecule has 7 nitrogen and oxygen atoms in total. The fraction of sp³-hybridized carbons (Fsp3) is 0.273. The molecule has 0 saturated carbocycles. The van der Waals surface area contributed by atoms with Crippen molar-refractivity contribution in [3.8, 4) is 16.9 Å². The summed E-state index contributed by atoms with van der Waals surface area (Å²) in [6, 6.07) is 9.49. The number of amides is 1. The van der Waals surface area contributed by atoms with Crippen molar-refractivity contribution in [3.05, 3.63) is 59.7 Å². The van der Waals surface area contributed by atoms with Crippen LogP contribution in [-0.2, 0) is 5.41 Å². The van der Waals surface area contributed by atoms with Gasteiger partial charge < -0.3 is 4.74 Å². The van der Waals surface area contributed by atoms with Gasteiger partial charge in [0.25, 0.3) is 5.91 Å². The molecule has 30 heavy (non-hydrogen) atoms. The maximum Gasteiger partial charge on any atom is 0.259 e. The Bertz CT molecular complexity index is 1200. The average Bonchev–Trinajstić information content (AvgIpc) is 3.26. The minimum absolute atomic E-state index is 0.0615. The van der Waals surface area contributed by atoms with E-state index in [0.717, 1.165) is 27.5 Å². The van der Waals surface area contributed by atoms with Crippen molar-refractivity contribution in [2.45, 2.75) is 33.1 Å². The van der Waals surface area contributed by atoms with Crippen LogP contribution in [0.25, 0.3) is 16.1 Å². The lowest BCUT2D eigenvalue weighted by Gasteiger charge is -2.13. The number of ether oxygens (including phenoxy) is 1. The van der Waals surface area contributed by atoms with Gasteiger partial charge in [0.15, 0.2) is 0 Å². The lowest BCUT2D eigenvalue weighted by atomic mass is 9.93. The molecule has 3 heterocycles. The molecule has 0 aliphatic carbocycles. The molecule has 8 heteroatoms. The van der Waals surface area contributed by atoms with Gasteiger partial charge in [-0.1, -0.05) is 50.3 Å². The van der Waals surface area contributed by atoms with Crippen LogP contribution >= 0.6 is 11.3 Å². The van der Waals surface area contributed by atoms with E-state index in [1.165, 1.54) is 11.3 Å². The largest absolute Gasteiger partial charge is 0.496 e. The highest BCUT2D eigenvalue weighted by atomic mass is 32.1. The zero-order chi connectivity index (χ0) is 21.5. The van der Waals surface area contributed by atoms with Crippen molar-refractivity contribution in [2.24, 2.45) is 0 Å². The lowest BCUT2D eigenvalue weighted by Crippen LogP contribution is -2.14. The van der Waals surface area contributed by atoms with Crippen LogP contribution in [0.4, 0.5) is 5.13 Å². The Hall–Kier alpha value is -3.26. The number of aryl methyl sites for hydroxylation is 1. The summed E-state index contributed by atoms with van der Waals surface area (Å²) in [5, 5.41) is 7.83. The second-order valence-electron chi connectivity index (χ2n) is 8.04. The molecule has 154 valence electrons. The Labute approximate surface area is 178 Å². The molecule has 0 atom stereocenters. The molecule has 0 spiro atoms. The molecule has 1 aromatic carbocycles. The van der Waals surface area contributed by atoms with Crippen molar-refractivity contribution in [1.29, 1.82) is 0 Å². The van der Waals surface area contributed by atoms with Crippen LogP contribution < -0.4 is 10.1 Å². The number of imidazole rings is 1. The number of hydrogen-bond acceptors (Lipinski definition) is 6. The van der Waals surface area contributed by atoms with Crippen LogP contribution in [0, 0.1) is 6.92 Å². The van der Waals surface area contributed by atoms with Crippen molar-refractivity contribution in [3.63, 3.8) is 0 Å². The second kappa shape index (κ2) is 7.53. The van der Waals surface area contributed by atoms with E-state index < -0.39 is 0 Å². The Morgan fingerprint density at radius 2 is 1.97 bits per heavy atom. The SMILES string of the molecule is COc1ccccc1-c1cc(C)ncc1C(=O)Nc1nn2cc(C(C)(C)C)nc2s1. The van der Waals surface area contributed by atoms with E-state index in [0.29, 0.717) is 16.4 Å². The Balaban J connectivity index is 1.67. The first kappa shape index (κ1) is 20.0. The predicted octanol–water partition coefficient (Wildman–Crippen LogP) is 4.72. The number of anilines is 1. The molecule has 0 aliphatic rings. The van der Waals surface area contributed by atoms with Crippen LogP contribution in [0.2, 0.25) is 0 Å². The van der Waals surface area contributed by atoms with E-state index in [2.05, 4.69) is 41.2 Å². The molecule has 4 rings (SSSR count). The molecular formula is C22H23N5O2S. The van der Waals surface area contributed by atoms with Crippen LogP contribution in [-0.4, -0.2) is 32.6 Å². The summed E-state index contributed by atoms with van der Waals surface area (Å²) in [4.78, 5) is 22.8.